The third-order valence-corrected chi connectivity index (χ3v) is 3.76. The third-order valence-electron chi connectivity index (χ3n) is 3.76. The van der Waals surface area contributed by atoms with Gasteiger partial charge >= 0.3 is 0 Å². The van der Waals surface area contributed by atoms with Gasteiger partial charge in [-0.3, -0.25) is 19.5 Å². The highest BCUT2D eigenvalue weighted by atomic mass is 16.2. The van der Waals surface area contributed by atoms with Gasteiger partial charge in [0, 0.05) is 25.4 Å². The van der Waals surface area contributed by atoms with Crippen molar-refractivity contribution in [3.05, 3.63) is 29.6 Å². The molecule has 1 unspecified atom stereocenters. The van der Waals surface area contributed by atoms with Gasteiger partial charge in [-0.25, -0.2) is 0 Å². The highest BCUT2D eigenvalue weighted by Crippen LogP contribution is 2.11. The molecule has 1 aliphatic heterocycles. The molecule has 1 aliphatic rings. The van der Waals surface area contributed by atoms with E-state index < -0.39 is 6.04 Å². The monoisotopic (exact) mass is 314 g/mol. The van der Waals surface area contributed by atoms with Crippen molar-refractivity contribution in [1.29, 1.82) is 0 Å². The summed E-state index contributed by atoms with van der Waals surface area (Å²) in [6, 6.07) is 2.99. The summed E-state index contributed by atoms with van der Waals surface area (Å²) in [7, 11) is 1.50. The second kappa shape index (κ2) is 8.91. The van der Waals surface area contributed by atoms with Gasteiger partial charge in [0.15, 0.2) is 6.04 Å². The number of hydrogen-bond donors (Lipinski definition) is 2. The molecular formula is C17H22N4O2. The SMILES string of the molecule is CNC(=O)C(C#Cc1ccc(CN2CCCCC2)nc1)NC=O. The summed E-state index contributed by atoms with van der Waals surface area (Å²) in [5.74, 6) is 5.25. The molecule has 122 valence electrons. The van der Waals surface area contributed by atoms with Crippen molar-refractivity contribution in [2.75, 3.05) is 20.1 Å². The molecule has 6 nitrogen and oxygen atoms in total. The van der Waals surface area contributed by atoms with E-state index in [0.29, 0.717) is 12.0 Å². The Balaban J connectivity index is 1.97. The zero-order valence-corrected chi connectivity index (χ0v) is 13.3. The van der Waals surface area contributed by atoms with E-state index in [4.69, 9.17) is 0 Å². The van der Waals surface area contributed by atoms with E-state index in [2.05, 4.69) is 32.4 Å². The van der Waals surface area contributed by atoms with Crippen molar-refractivity contribution in [1.82, 2.24) is 20.5 Å². The molecule has 1 aromatic heterocycles. The first-order valence-corrected chi connectivity index (χ1v) is 7.83. The van der Waals surface area contributed by atoms with Gasteiger partial charge in [0.05, 0.1) is 5.69 Å². The van der Waals surface area contributed by atoms with Gasteiger partial charge in [-0.1, -0.05) is 18.3 Å². The number of nitrogens with zero attached hydrogens (tertiary/aromatic N) is 2. The number of likely N-dealkylation sites (tertiary alicyclic amines) is 1. The Kier molecular flexibility index (Phi) is 6.57. The summed E-state index contributed by atoms with van der Waals surface area (Å²) in [6.45, 7) is 3.13. The Labute approximate surface area is 136 Å². The number of carbonyl (C=O) groups excluding carboxylic acids is 2. The number of carbonyl (C=O) groups is 2. The summed E-state index contributed by atoms with van der Waals surface area (Å²) in [6.07, 6.45) is 6.00. The van der Waals surface area contributed by atoms with Crippen molar-refractivity contribution in [3.8, 4) is 11.8 Å². The van der Waals surface area contributed by atoms with Crippen molar-refractivity contribution in [2.24, 2.45) is 0 Å². The molecule has 23 heavy (non-hydrogen) atoms. The lowest BCUT2D eigenvalue weighted by Crippen LogP contribution is -2.41. The van der Waals surface area contributed by atoms with E-state index in [1.165, 1.54) is 26.3 Å². The predicted molar refractivity (Wildman–Crippen MR) is 87.3 cm³/mol. The number of amides is 2. The summed E-state index contributed by atoms with van der Waals surface area (Å²) in [5, 5.41) is 4.83. The molecule has 1 fully saturated rings. The van der Waals surface area contributed by atoms with Crippen LogP contribution in [0, 0.1) is 11.8 Å². The molecular weight excluding hydrogens is 292 g/mol. The highest BCUT2D eigenvalue weighted by molar-refractivity contribution is 5.86. The lowest BCUT2D eigenvalue weighted by atomic mass is 10.1. The van der Waals surface area contributed by atoms with Crippen LogP contribution < -0.4 is 10.6 Å². The normalized spacial score (nSPS) is 15.9. The molecule has 1 aromatic rings. The van der Waals surface area contributed by atoms with Gasteiger partial charge in [-0.2, -0.15) is 0 Å². The van der Waals surface area contributed by atoms with Crippen LogP contribution in [0.5, 0.6) is 0 Å². The Morgan fingerprint density at radius 3 is 2.78 bits per heavy atom. The first-order chi connectivity index (χ1) is 11.2. The first-order valence-electron chi connectivity index (χ1n) is 7.83. The second-order valence-corrected chi connectivity index (χ2v) is 5.48. The molecule has 2 heterocycles. The number of aromatic nitrogens is 1. The first kappa shape index (κ1) is 17.0. The van der Waals surface area contributed by atoms with Crippen LogP contribution in [0.25, 0.3) is 0 Å². The van der Waals surface area contributed by atoms with E-state index in [-0.39, 0.29) is 5.91 Å². The molecule has 2 rings (SSSR count). The van der Waals surface area contributed by atoms with E-state index in [0.717, 1.165) is 25.3 Å². The summed E-state index contributed by atoms with van der Waals surface area (Å²) in [4.78, 5) is 28.9. The molecule has 0 saturated carbocycles. The Hall–Kier alpha value is -2.39. The average Bonchev–Trinajstić information content (AvgIpc) is 2.60. The molecule has 2 amide bonds. The average molecular weight is 314 g/mol. The van der Waals surface area contributed by atoms with Gasteiger partial charge in [-0.05, 0) is 38.1 Å². The fourth-order valence-corrected chi connectivity index (χ4v) is 2.49. The summed E-state index contributed by atoms with van der Waals surface area (Å²) < 4.78 is 0. The number of likely N-dealkylation sites (N-methyl/N-ethyl adjacent to an activating group) is 1. The largest absolute Gasteiger partial charge is 0.357 e. The Morgan fingerprint density at radius 2 is 2.17 bits per heavy atom. The van der Waals surface area contributed by atoms with E-state index in [9.17, 15) is 9.59 Å². The standard InChI is InChI=1S/C17H22N4O2/c1-18-17(23)16(20-13-22)8-6-14-5-7-15(19-11-14)12-21-9-3-2-4-10-21/h5,7,11,13,16H,2-4,9-10,12H2,1H3,(H,18,23)(H,20,22). The molecule has 2 N–H and O–H groups in total. The van der Waals surface area contributed by atoms with Gasteiger partial charge in [0.2, 0.25) is 6.41 Å². The zero-order valence-electron chi connectivity index (χ0n) is 13.3. The third kappa shape index (κ3) is 5.38. The molecule has 0 spiro atoms. The van der Waals surface area contributed by atoms with Crippen molar-refractivity contribution in [3.63, 3.8) is 0 Å². The highest BCUT2D eigenvalue weighted by Gasteiger charge is 2.12. The van der Waals surface area contributed by atoms with E-state index >= 15 is 0 Å². The van der Waals surface area contributed by atoms with Crippen LogP contribution in [0.2, 0.25) is 0 Å². The van der Waals surface area contributed by atoms with Crippen LogP contribution in [0.4, 0.5) is 0 Å². The molecule has 1 atom stereocenters. The van der Waals surface area contributed by atoms with Crippen molar-refractivity contribution in [2.45, 2.75) is 31.8 Å². The summed E-state index contributed by atoms with van der Waals surface area (Å²) in [5.41, 5.74) is 1.74. The smallest absolute Gasteiger partial charge is 0.254 e. The van der Waals surface area contributed by atoms with Gasteiger partial charge < -0.3 is 10.6 Å². The van der Waals surface area contributed by atoms with Crippen LogP contribution in [-0.4, -0.2) is 48.4 Å². The minimum atomic E-state index is -0.856. The molecule has 0 aromatic carbocycles. The quantitative estimate of drug-likeness (QED) is 0.605. The number of nitrogens with one attached hydrogen (secondary N) is 2. The minimum Gasteiger partial charge on any atom is -0.357 e. The van der Waals surface area contributed by atoms with E-state index in [1.54, 1.807) is 6.20 Å². The van der Waals surface area contributed by atoms with E-state index in [1.807, 2.05) is 12.1 Å². The lowest BCUT2D eigenvalue weighted by Gasteiger charge is -2.25. The maximum absolute atomic E-state index is 11.5. The number of hydrogen-bond acceptors (Lipinski definition) is 4. The fraction of sp³-hybridized carbons (Fsp3) is 0.471. The van der Waals surface area contributed by atoms with Crippen LogP contribution in [-0.2, 0) is 16.1 Å². The molecule has 1 saturated heterocycles. The Bertz CT molecular complexity index is 583. The number of piperidine rings is 1. The number of pyridine rings is 1. The van der Waals surface area contributed by atoms with Gasteiger partial charge in [-0.15, -0.1) is 0 Å². The van der Waals surface area contributed by atoms with Gasteiger partial charge in [0.1, 0.15) is 0 Å². The maximum atomic E-state index is 11.5. The topological polar surface area (TPSA) is 74.3 Å². The maximum Gasteiger partial charge on any atom is 0.254 e. The van der Waals surface area contributed by atoms with Crippen LogP contribution >= 0.6 is 0 Å². The summed E-state index contributed by atoms with van der Waals surface area (Å²) >= 11 is 0. The fourth-order valence-electron chi connectivity index (χ4n) is 2.49. The van der Waals surface area contributed by atoms with Gasteiger partial charge in [0.25, 0.3) is 5.91 Å². The second-order valence-electron chi connectivity index (χ2n) is 5.48. The number of rotatable bonds is 5. The van der Waals surface area contributed by atoms with Crippen LogP contribution in [0.3, 0.4) is 0 Å². The molecule has 6 heteroatoms. The van der Waals surface area contributed by atoms with Crippen LogP contribution in [0.1, 0.15) is 30.5 Å². The zero-order chi connectivity index (χ0) is 16.5. The minimum absolute atomic E-state index is 0.348. The molecule has 0 radical (unpaired) electrons. The molecule has 0 bridgehead atoms. The van der Waals surface area contributed by atoms with Crippen LogP contribution in [0.15, 0.2) is 18.3 Å². The van der Waals surface area contributed by atoms with Crippen molar-refractivity contribution < 1.29 is 9.59 Å². The Morgan fingerprint density at radius 1 is 1.39 bits per heavy atom. The predicted octanol–water partition coefficient (Wildman–Crippen LogP) is 0.280. The van der Waals surface area contributed by atoms with Crippen molar-refractivity contribution >= 4 is 12.3 Å². The lowest BCUT2D eigenvalue weighted by molar-refractivity contribution is -0.123. The molecule has 0 aliphatic carbocycles.